The van der Waals surface area contributed by atoms with Gasteiger partial charge in [0.05, 0.1) is 17.6 Å². The molecule has 8 nitrogen and oxygen atoms in total. The molecule has 0 radical (unpaired) electrons. The van der Waals surface area contributed by atoms with Gasteiger partial charge >= 0.3 is 0 Å². The van der Waals surface area contributed by atoms with Crippen molar-refractivity contribution in [2.75, 3.05) is 18.0 Å². The SMILES string of the molecule is CCc1ncnc(N2CC[C@@H](N=C(N)C[C@@H]3N=NC(C)=N3)C2)c1F. The summed E-state index contributed by atoms with van der Waals surface area (Å²) in [6, 6.07) is 0.0212. The lowest BCUT2D eigenvalue weighted by molar-refractivity contribution is 0.588. The van der Waals surface area contributed by atoms with Crippen LogP contribution in [0.3, 0.4) is 0 Å². The van der Waals surface area contributed by atoms with Crippen molar-refractivity contribution in [1.29, 1.82) is 0 Å². The zero-order valence-corrected chi connectivity index (χ0v) is 13.9. The number of rotatable bonds is 5. The van der Waals surface area contributed by atoms with Crippen LogP contribution in [0.5, 0.6) is 0 Å². The number of nitrogens with zero attached hydrogens (tertiary/aromatic N) is 7. The predicted octanol–water partition coefficient (Wildman–Crippen LogP) is 1.71. The molecule has 2 N–H and O–H groups in total. The zero-order chi connectivity index (χ0) is 17.1. The third-order valence-corrected chi connectivity index (χ3v) is 4.05. The molecule has 128 valence electrons. The lowest BCUT2D eigenvalue weighted by Crippen LogP contribution is -2.25. The molecule has 1 aromatic heterocycles. The summed E-state index contributed by atoms with van der Waals surface area (Å²) in [4.78, 5) is 18.7. The summed E-state index contributed by atoms with van der Waals surface area (Å²) in [7, 11) is 0. The van der Waals surface area contributed by atoms with Crippen molar-refractivity contribution in [3.8, 4) is 0 Å². The molecule has 0 spiro atoms. The molecule has 3 rings (SSSR count). The van der Waals surface area contributed by atoms with Crippen LogP contribution >= 0.6 is 0 Å². The first-order valence-electron chi connectivity index (χ1n) is 8.08. The first kappa shape index (κ1) is 16.4. The van der Waals surface area contributed by atoms with E-state index < -0.39 is 0 Å². The fraction of sp³-hybridized carbons (Fsp3) is 0.600. The third-order valence-electron chi connectivity index (χ3n) is 4.05. The Morgan fingerprint density at radius 2 is 2.29 bits per heavy atom. The summed E-state index contributed by atoms with van der Waals surface area (Å²) in [6.45, 7) is 4.95. The number of azo groups is 1. The van der Waals surface area contributed by atoms with Crippen LogP contribution in [-0.2, 0) is 6.42 Å². The molecule has 2 aliphatic heterocycles. The molecule has 3 heterocycles. The Hall–Kier alpha value is -2.45. The van der Waals surface area contributed by atoms with Crippen LogP contribution in [0, 0.1) is 5.82 Å². The number of halogens is 1. The largest absolute Gasteiger partial charge is 0.387 e. The Kier molecular flexibility index (Phi) is 4.77. The van der Waals surface area contributed by atoms with E-state index in [2.05, 4.69) is 30.2 Å². The molecule has 1 saturated heterocycles. The van der Waals surface area contributed by atoms with Crippen LogP contribution in [0.4, 0.5) is 10.2 Å². The molecule has 0 bridgehead atoms. The summed E-state index contributed by atoms with van der Waals surface area (Å²) in [5.74, 6) is 1.17. The number of anilines is 1. The van der Waals surface area contributed by atoms with Crippen LogP contribution in [0.25, 0.3) is 0 Å². The van der Waals surface area contributed by atoms with Gasteiger partial charge < -0.3 is 10.6 Å². The highest BCUT2D eigenvalue weighted by atomic mass is 19.1. The van der Waals surface area contributed by atoms with Crippen molar-refractivity contribution < 1.29 is 4.39 Å². The first-order chi connectivity index (χ1) is 11.6. The van der Waals surface area contributed by atoms with Gasteiger partial charge in [-0.15, -0.1) is 5.11 Å². The Bertz CT molecular complexity index is 699. The minimum Gasteiger partial charge on any atom is -0.387 e. The van der Waals surface area contributed by atoms with Crippen molar-refractivity contribution in [3.63, 3.8) is 0 Å². The van der Waals surface area contributed by atoms with Crippen LogP contribution in [0.1, 0.15) is 32.4 Å². The molecule has 0 aromatic carbocycles. The summed E-state index contributed by atoms with van der Waals surface area (Å²) in [5, 5.41) is 7.89. The second-order valence-corrected chi connectivity index (χ2v) is 5.90. The summed E-state index contributed by atoms with van der Waals surface area (Å²) < 4.78 is 14.4. The van der Waals surface area contributed by atoms with Crippen LogP contribution in [0.15, 0.2) is 26.5 Å². The fourth-order valence-corrected chi connectivity index (χ4v) is 2.88. The van der Waals surface area contributed by atoms with E-state index in [1.54, 1.807) is 6.92 Å². The van der Waals surface area contributed by atoms with E-state index in [0.29, 0.717) is 49.1 Å². The van der Waals surface area contributed by atoms with Gasteiger partial charge in [-0.2, -0.15) is 5.11 Å². The van der Waals surface area contributed by atoms with Crippen molar-refractivity contribution in [2.45, 2.75) is 45.3 Å². The van der Waals surface area contributed by atoms with E-state index in [1.807, 2.05) is 11.8 Å². The molecule has 0 unspecified atom stereocenters. The lowest BCUT2D eigenvalue weighted by atomic mass is 10.2. The molecule has 0 amide bonds. The van der Waals surface area contributed by atoms with Gasteiger partial charge in [-0.1, -0.05) is 6.92 Å². The lowest BCUT2D eigenvalue weighted by Gasteiger charge is -2.18. The maximum absolute atomic E-state index is 14.4. The normalized spacial score (nSPS) is 23.9. The van der Waals surface area contributed by atoms with Gasteiger partial charge in [0, 0.05) is 19.5 Å². The molecular weight excluding hydrogens is 311 g/mol. The smallest absolute Gasteiger partial charge is 0.187 e. The number of amidine groups is 2. The molecule has 9 heteroatoms. The Morgan fingerprint density at radius 1 is 1.46 bits per heavy atom. The minimum atomic E-state index is -0.339. The maximum atomic E-state index is 14.4. The molecule has 24 heavy (non-hydrogen) atoms. The maximum Gasteiger partial charge on any atom is 0.187 e. The van der Waals surface area contributed by atoms with Gasteiger partial charge in [-0.05, 0) is 19.8 Å². The van der Waals surface area contributed by atoms with Gasteiger partial charge in [0.1, 0.15) is 12.2 Å². The number of aromatic nitrogens is 2. The highest BCUT2D eigenvalue weighted by Gasteiger charge is 2.26. The zero-order valence-electron chi connectivity index (χ0n) is 13.9. The molecule has 0 saturated carbocycles. The van der Waals surface area contributed by atoms with E-state index in [0.717, 1.165) is 6.42 Å². The predicted molar refractivity (Wildman–Crippen MR) is 90.0 cm³/mol. The molecule has 2 aliphatic rings. The number of aliphatic imine (C=N–C) groups is 2. The summed E-state index contributed by atoms with van der Waals surface area (Å²) in [6.07, 6.45) is 2.95. The first-order valence-corrected chi connectivity index (χ1v) is 8.08. The van der Waals surface area contributed by atoms with E-state index in [1.165, 1.54) is 6.33 Å². The molecular formula is C15H21FN8. The van der Waals surface area contributed by atoms with Gasteiger partial charge in [-0.3, -0.25) is 4.99 Å². The quantitative estimate of drug-likeness (QED) is 0.654. The average Bonchev–Trinajstić information content (AvgIpc) is 3.17. The van der Waals surface area contributed by atoms with Crippen molar-refractivity contribution >= 4 is 17.5 Å². The Balaban J connectivity index is 1.63. The van der Waals surface area contributed by atoms with Gasteiger partial charge in [0.2, 0.25) is 0 Å². The fourth-order valence-electron chi connectivity index (χ4n) is 2.88. The number of nitrogens with two attached hydrogens (primary N) is 1. The summed E-state index contributed by atoms with van der Waals surface area (Å²) in [5.41, 5.74) is 6.44. The van der Waals surface area contributed by atoms with Crippen molar-refractivity contribution in [2.24, 2.45) is 25.9 Å². The van der Waals surface area contributed by atoms with Crippen molar-refractivity contribution in [1.82, 2.24) is 9.97 Å². The average molecular weight is 332 g/mol. The van der Waals surface area contributed by atoms with Crippen molar-refractivity contribution in [3.05, 3.63) is 17.8 Å². The molecule has 1 fully saturated rings. The van der Waals surface area contributed by atoms with E-state index in [4.69, 9.17) is 5.73 Å². The highest BCUT2D eigenvalue weighted by molar-refractivity contribution is 5.84. The molecule has 1 aromatic rings. The summed E-state index contributed by atoms with van der Waals surface area (Å²) >= 11 is 0. The van der Waals surface area contributed by atoms with Crippen LogP contribution in [-0.4, -0.2) is 46.9 Å². The second kappa shape index (κ2) is 6.98. The van der Waals surface area contributed by atoms with Gasteiger partial charge in [0.15, 0.2) is 17.8 Å². The van der Waals surface area contributed by atoms with Crippen LogP contribution < -0.4 is 10.6 Å². The Labute approximate surface area is 139 Å². The monoisotopic (exact) mass is 332 g/mol. The number of hydrogen-bond donors (Lipinski definition) is 1. The number of aryl methyl sites for hydroxylation is 1. The van der Waals surface area contributed by atoms with E-state index in [-0.39, 0.29) is 18.0 Å². The van der Waals surface area contributed by atoms with Gasteiger partial charge in [-0.25, -0.2) is 19.4 Å². The van der Waals surface area contributed by atoms with E-state index in [9.17, 15) is 4.39 Å². The van der Waals surface area contributed by atoms with Gasteiger partial charge in [0.25, 0.3) is 0 Å². The highest BCUT2D eigenvalue weighted by Crippen LogP contribution is 2.24. The second-order valence-electron chi connectivity index (χ2n) is 5.90. The van der Waals surface area contributed by atoms with E-state index >= 15 is 0 Å². The molecule has 2 atom stereocenters. The topological polar surface area (TPSA) is 104 Å². The molecule has 0 aliphatic carbocycles. The standard InChI is InChI=1S/C15H21FN8/c1-3-11-14(16)15(19-8-18-11)24-5-4-10(7-24)21-12(17)6-13-20-9(2)22-23-13/h8,10,13H,3-7H2,1-2H3,(H2,17,21)/t10-,13+/m1/s1. The number of hydrogen-bond acceptors (Lipinski definition) is 7. The van der Waals surface area contributed by atoms with Crippen LogP contribution in [0.2, 0.25) is 0 Å². The third kappa shape index (κ3) is 3.55. The minimum absolute atomic E-state index is 0.0212. The Morgan fingerprint density at radius 3 is 3.00 bits per heavy atom.